The molecule has 0 radical (unpaired) electrons. The average molecular weight is 507 g/mol. The van der Waals surface area contributed by atoms with Gasteiger partial charge in [-0.3, -0.25) is 0 Å². The van der Waals surface area contributed by atoms with Crippen molar-refractivity contribution in [2.24, 2.45) is 0 Å². The van der Waals surface area contributed by atoms with Gasteiger partial charge in [-0.05, 0) is 78.3 Å². The maximum absolute atomic E-state index is 6.64. The zero-order valence-electron chi connectivity index (χ0n) is 23.3. The van der Waals surface area contributed by atoms with Gasteiger partial charge in [-0.2, -0.15) is 0 Å². The lowest BCUT2D eigenvalue weighted by Gasteiger charge is -2.35. The van der Waals surface area contributed by atoms with E-state index >= 15 is 0 Å². The first-order valence-corrected chi connectivity index (χ1v) is 16.2. The van der Waals surface area contributed by atoms with Crippen LogP contribution in [0.15, 0.2) is 60.7 Å². The average Bonchev–Trinajstić information content (AvgIpc) is 2.79. The quantitative estimate of drug-likeness (QED) is 0.263. The molecule has 3 aromatic rings. The third-order valence-electron chi connectivity index (χ3n) is 6.91. The van der Waals surface area contributed by atoms with Crippen molar-refractivity contribution in [1.82, 2.24) is 0 Å². The second-order valence-corrected chi connectivity index (χ2v) is 15.7. The van der Waals surface area contributed by atoms with Crippen LogP contribution in [0.3, 0.4) is 0 Å². The molecule has 2 atom stereocenters. The van der Waals surface area contributed by atoms with Crippen molar-refractivity contribution < 1.29 is 4.74 Å². The lowest BCUT2D eigenvalue weighted by Crippen LogP contribution is -2.24. The molecule has 3 aromatic carbocycles. The van der Waals surface area contributed by atoms with Crippen LogP contribution in [-0.2, 0) is 23.3 Å². The molecule has 0 aliphatic rings. The van der Waals surface area contributed by atoms with Crippen LogP contribution in [0, 0.1) is 13.8 Å². The summed E-state index contributed by atoms with van der Waals surface area (Å²) in [5.74, 6) is 1.07. The fourth-order valence-electron chi connectivity index (χ4n) is 4.54. The Morgan fingerprint density at radius 3 is 2.14 bits per heavy atom. The minimum atomic E-state index is 0.00312. The first-order chi connectivity index (χ1) is 16.4. The molecule has 0 aromatic heterocycles. The third-order valence-corrected chi connectivity index (χ3v) is 10.0. The smallest absolute Gasteiger partial charge is 0.126 e. The largest absolute Gasteiger partial charge is 0.488 e. The highest BCUT2D eigenvalue weighted by Crippen LogP contribution is 2.50. The Hall–Kier alpha value is -1.68. The highest BCUT2D eigenvalue weighted by atomic mass is 31.1. The predicted octanol–water partition coefficient (Wildman–Crippen LogP) is 9.05. The van der Waals surface area contributed by atoms with Gasteiger partial charge < -0.3 is 4.74 Å². The van der Waals surface area contributed by atoms with E-state index in [0.717, 1.165) is 12.2 Å². The zero-order valence-corrected chi connectivity index (χ0v) is 25.1. The Morgan fingerprint density at radius 2 is 1.54 bits per heavy atom. The van der Waals surface area contributed by atoms with Gasteiger partial charge in [0, 0.05) is 10.7 Å². The van der Waals surface area contributed by atoms with Crippen LogP contribution in [0.5, 0.6) is 5.75 Å². The van der Waals surface area contributed by atoms with Crippen LogP contribution in [0.25, 0.3) is 0 Å². The number of hydrogen-bond donors (Lipinski definition) is 0. The Balaban J connectivity index is 2.12. The van der Waals surface area contributed by atoms with Crippen molar-refractivity contribution in [2.45, 2.75) is 78.2 Å². The van der Waals surface area contributed by atoms with Gasteiger partial charge >= 0.3 is 0 Å². The second-order valence-electron chi connectivity index (χ2n) is 11.4. The molecule has 3 rings (SSSR count). The summed E-state index contributed by atoms with van der Waals surface area (Å²) in [6.07, 6.45) is 2.26. The lowest BCUT2D eigenvalue weighted by atomic mass is 9.82. The normalized spacial score (nSPS) is 14.0. The molecule has 0 spiro atoms. The maximum Gasteiger partial charge on any atom is 0.126 e. The fourth-order valence-corrected chi connectivity index (χ4v) is 7.30. The first kappa shape index (κ1) is 27.9. The van der Waals surface area contributed by atoms with E-state index in [9.17, 15) is 0 Å². The Kier molecular flexibility index (Phi) is 9.23. The molecule has 0 heterocycles. The van der Waals surface area contributed by atoms with Crippen LogP contribution >= 0.6 is 16.5 Å². The van der Waals surface area contributed by atoms with E-state index in [1.807, 2.05) is 0 Å². The Labute approximate surface area is 217 Å². The molecular formula is C32H44OP2. The van der Waals surface area contributed by atoms with E-state index in [2.05, 4.69) is 122 Å². The SMILES string of the molecule is CCC(C)(Pc1c(C)cccc1CP(C)C)c1cc(C(C)(C)C)cc(C)c1OCc1ccccc1. The van der Waals surface area contributed by atoms with Gasteiger partial charge in [0.05, 0.1) is 0 Å². The molecule has 0 N–H and O–H groups in total. The number of hydrogen-bond acceptors (Lipinski definition) is 1. The summed E-state index contributed by atoms with van der Waals surface area (Å²) in [6, 6.07) is 22.2. The summed E-state index contributed by atoms with van der Waals surface area (Å²) < 4.78 is 6.64. The van der Waals surface area contributed by atoms with E-state index in [1.165, 1.54) is 39.5 Å². The number of rotatable bonds is 9. The molecule has 0 aliphatic heterocycles. The number of aryl methyl sites for hydroxylation is 2. The van der Waals surface area contributed by atoms with Crippen molar-refractivity contribution in [3.63, 3.8) is 0 Å². The van der Waals surface area contributed by atoms with Crippen molar-refractivity contribution in [2.75, 3.05) is 13.3 Å². The van der Waals surface area contributed by atoms with Gasteiger partial charge in [-0.1, -0.05) is 104 Å². The lowest BCUT2D eigenvalue weighted by molar-refractivity contribution is 0.297. The summed E-state index contributed by atoms with van der Waals surface area (Å²) in [5.41, 5.74) is 8.24. The van der Waals surface area contributed by atoms with Gasteiger partial charge in [0.1, 0.15) is 12.4 Å². The highest BCUT2D eigenvalue weighted by Gasteiger charge is 2.32. The van der Waals surface area contributed by atoms with Crippen molar-refractivity contribution in [3.8, 4) is 5.75 Å². The monoisotopic (exact) mass is 506 g/mol. The molecule has 0 saturated carbocycles. The summed E-state index contributed by atoms with van der Waals surface area (Å²) >= 11 is 0. The molecule has 1 nitrogen and oxygen atoms in total. The predicted molar refractivity (Wildman–Crippen MR) is 160 cm³/mol. The number of ether oxygens (including phenoxy) is 1. The van der Waals surface area contributed by atoms with Gasteiger partial charge in [-0.25, -0.2) is 0 Å². The van der Waals surface area contributed by atoms with E-state index < -0.39 is 0 Å². The highest BCUT2D eigenvalue weighted by molar-refractivity contribution is 7.55. The third kappa shape index (κ3) is 6.96. The van der Waals surface area contributed by atoms with Crippen LogP contribution < -0.4 is 10.0 Å². The van der Waals surface area contributed by atoms with Crippen molar-refractivity contribution >= 4 is 21.8 Å². The molecule has 0 bridgehead atoms. The standard InChI is InChI=1S/C32H44OP2/c1-10-32(7,34-30-23(2)15-14-18-26(30)22-35(8)9)28-20-27(31(4,5)6)19-24(3)29(28)33-21-25-16-12-11-13-17-25/h11-20,34H,10,21-22H2,1-9H3. The molecule has 0 fully saturated rings. The minimum Gasteiger partial charge on any atom is -0.488 e. The molecule has 0 amide bonds. The van der Waals surface area contributed by atoms with Crippen LogP contribution in [0.2, 0.25) is 0 Å². The maximum atomic E-state index is 6.64. The molecule has 0 aliphatic carbocycles. The van der Waals surface area contributed by atoms with Crippen LogP contribution in [0.4, 0.5) is 0 Å². The zero-order chi connectivity index (χ0) is 25.8. The van der Waals surface area contributed by atoms with Gasteiger partial charge in [0.2, 0.25) is 0 Å². The molecule has 188 valence electrons. The van der Waals surface area contributed by atoms with Crippen LogP contribution in [-0.4, -0.2) is 13.3 Å². The molecule has 2 unspecified atom stereocenters. The van der Waals surface area contributed by atoms with E-state index in [0.29, 0.717) is 15.2 Å². The van der Waals surface area contributed by atoms with Crippen molar-refractivity contribution in [3.05, 3.63) is 94.0 Å². The molecule has 3 heteroatoms. The number of benzene rings is 3. The second kappa shape index (κ2) is 11.6. The first-order valence-electron chi connectivity index (χ1n) is 12.8. The van der Waals surface area contributed by atoms with Crippen molar-refractivity contribution in [1.29, 1.82) is 0 Å². The van der Waals surface area contributed by atoms with Gasteiger partial charge in [0.25, 0.3) is 0 Å². The summed E-state index contributed by atoms with van der Waals surface area (Å²) in [4.78, 5) is 0. The van der Waals surface area contributed by atoms with Crippen LogP contribution in [0.1, 0.15) is 74.4 Å². The Morgan fingerprint density at radius 1 is 0.857 bits per heavy atom. The van der Waals surface area contributed by atoms with Gasteiger partial charge in [0.15, 0.2) is 0 Å². The summed E-state index contributed by atoms with van der Waals surface area (Å²) in [5, 5.41) is 1.56. The summed E-state index contributed by atoms with van der Waals surface area (Å²) in [6.45, 7) is 21.6. The molecule has 35 heavy (non-hydrogen) atoms. The molecule has 0 saturated heterocycles. The summed E-state index contributed by atoms with van der Waals surface area (Å²) in [7, 11) is 0.708. The van der Waals surface area contributed by atoms with E-state index in [-0.39, 0.29) is 18.5 Å². The van der Waals surface area contributed by atoms with E-state index in [1.54, 1.807) is 5.30 Å². The van der Waals surface area contributed by atoms with E-state index in [4.69, 9.17) is 4.74 Å². The fraction of sp³-hybridized carbons (Fsp3) is 0.438. The Bertz CT molecular complexity index is 1130. The van der Waals surface area contributed by atoms with Gasteiger partial charge in [-0.15, -0.1) is 7.92 Å². The topological polar surface area (TPSA) is 9.23 Å². The molecular weight excluding hydrogens is 462 g/mol. The minimum absolute atomic E-state index is 0.00312.